The topological polar surface area (TPSA) is 93.2 Å². The summed E-state index contributed by atoms with van der Waals surface area (Å²) in [6.07, 6.45) is 5.59. The van der Waals surface area contributed by atoms with Gasteiger partial charge >= 0.3 is 12.0 Å². The molecule has 3 rings (SSSR count). The Morgan fingerprint density at radius 3 is 2.71 bits per heavy atom. The van der Waals surface area contributed by atoms with Gasteiger partial charge in [0.25, 0.3) is 5.89 Å². The molecular formula is C13H15BrN4O3. The molecule has 0 bridgehead atoms. The van der Waals surface area contributed by atoms with Crippen LogP contribution in [0.15, 0.2) is 25.6 Å². The SMILES string of the molecule is O=C(Nc1nnc(-c2ccc(Br)o2)o1)NC1CCCCC1. The molecule has 8 heteroatoms. The number of nitrogens with zero attached hydrogens (tertiary/aromatic N) is 2. The maximum absolute atomic E-state index is 11.8. The first-order chi connectivity index (χ1) is 10.2. The first-order valence-corrected chi connectivity index (χ1v) is 7.67. The average Bonchev–Trinajstić information content (AvgIpc) is 3.09. The Hall–Kier alpha value is -1.83. The zero-order valence-electron chi connectivity index (χ0n) is 11.3. The lowest BCUT2D eigenvalue weighted by Crippen LogP contribution is -2.39. The monoisotopic (exact) mass is 354 g/mol. The second-order valence-corrected chi connectivity index (χ2v) is 5.73. The van der Waals surface area contributed by atoms with Crippen molar-refractivity contribution in [2.75, 3.05) is 5.32 Å². The van der Waals surface area contributed by atoms with E-state index < -0.39 is 0 Å². The number of halogens is 1. The van der Waals surface area contributed by atoms with Gasteiger partial charge in [-0.25, -0.2) is 4.79 Å². The molecule has 1 fully saturated rings. The largest absolute Gasteiger partial charge is 0.444 e. The summed E-state index contributed by atoms with van der Waals surface area (Å²) in [6.45, 7) is 0. The maximum Gasteiger partial charge on any atom is 0.324 e. The third kappa shape index (κ3) is 3.63. The summed E-state index contributed by atoms with van der Waals surface area (Å²) in [5.74, 6) is 0.656. The Morgan fingerprint density at radius 2 is 2.00 bits per heavy atom. The molecule has 1 aliphatic rings. The fourth-order valence-electron chi connectivity index (χ4n) is 2.37. The number of aromatic nitrogens is 2. The van der Waals surface area contributed by atoms with Gasteiger partial charge in [0.1, 0.15) is 0 Å². The number of nitrogens with one attached hydrogen (secondary N) is 2. The Morgan fingerprint density at radius 1 is 1.19 bits per heavy atom. The third-order valence-corrected chi connectivity index (χ3v) is 3.80. The molecule has 0 atom stereocenters. The molecule has 2 N–H and O–H groups in total. The summed E-state index contributed by atoms with van der Waals surface area (Å²) in [5.41, 5.74) is 0. The van der Waals surface area contributed by atoms with Crippen molar-refractivity contribution in [3.8, 4) is 11.7 Å². The van der Waals surface area contributed by atoms with Crippen LogP contribution in [-0.4, -0.2) is 22.3 Å². The van der Waals surface area contributed by atoms with Gasteiger partial charge in [-0.3, -0.25) is 5.32 Å². The number of urea groups is 1. The van der Waals surface area contributed by atoms with E-state index in [0.717, 1.165) is 25.7 Å². The number of amides is 2. The van der Waals surface area contributed by atoms with Crippen molar-refractivity contribution in [2.24, 2.45) is 0 Å². The minimum Gasteiger partial charge on any atom is -0.444 e. The van der Waals surface area contributed by atoms with Gasteiger partial charge in [-0.2, -0.15) is 0 Å². The third-order valence-electron chi connectivity index (χ3n) is 3.37. The van der Waals surface area contributed by atoms with E-state index in [1.165, 1.54) is 6.42 Å². The molecule has 2 aromatic heterocycles. The Bertz CT molecular complexity index is 618. The predicted octanol–water partition coefficient (Wildman–Crippen LogP) is 3.55. The van der Waals surface area contributed by atoms with Crippen molar-refractivity contribution in [1.29, 1.82) is 0 Å². The summed E-state index contributed by atoms with van der Waals surface area (Å²) in [7, 11) is 0. The van der Waals surface area contributed by atoms with E-state index in [4.69, 9.17) is 8.83 Å². The van der Waals surface area contributed by atoms with Gasteiger partial charge in [-0.15, -0.1) is 5.10 Å². The number of anilines is 1. The normalized spacial score (nSPS) is 15.9. The molecule has 0 spiro atoms. The number of rotatable bonds is 3. The molecular weight excluding hydrogens is 340 g/mol. The number of hydrogen-bond acceptors (Lipinski definition) is 5. The van der Waals surface area contributed by atoms with E-state index in [9.17, 15) is 4.79 Å². The molecule has 1 aliphatic carbocycles. The first-order valence-electron chi connectivity index (χ1n) is 6.87. The van der Waals surface area contributed by atoms with Crippen molar-refractivity contribution in [3.05, 3.63) is 16.8 Å². The number of carbonyl (C=O) groups is 1. The summed E-state index contributed by atoms with van der Waals surface area (Å²) in [6, 6.07) is 3.37. The number of hydrogen-bond donors (Lipinski definition) is 2. The van der Waals surface area contributed by atoms with Crippen molar-refractivity contribution >= 4 is 28.0 Å². The Kier molecular flexibility index (Phi) is 4.23. The van der Waals surface area contributed by atoms with E-state index in [1.54, 1.807) is 12.1 Å². The lowest BCUT2D eigenvalue weighted by atomic mass is 9.96. The van der Waals surface area contributed by atoms with Crippen molar-refractivity contribution in [2.45, 2.75) is 38.1 Å². The van der Waals surface area contributed by atoms with Crippen LogP contribution in [-0.2, 0) is 0 Å². The molecule has 2 heterocycles. The van der Waals surface area contributed by atoms with E-state index in [2.05, 4.69) is 36.8 Å². The van der Waals surface area contributed by atoms with Crippen LogP contribution in [0.2, 0.25) is 0 Å². The van der Waals surface area contributed by atoms with Crippen LogP contribution in [0, 0.1) is 0 Å². The first kappa shape index (κ1) is 14.1. The molecule has 0 saturated heterocycles. The smallest absolute Gasteiger partial charge is 0.324 e. The van der Waals surface area contributed by atoms with E-state index in [-0.39, 0.29) is 24.0 Å². The maximum atomic E-state index is 11.8. The lowest BCUT2D eigenvalue weighted by molar-refractivity contribution is 0.243. The van der Waals surface area contributed by atoms with Crippen LogP contribution in [0.3, 0.4) is 0 Å². The van der Waals surface area contributed by atoms with Gasteiger partial charge in [-0.05, 0) is 40.9 Å². The van der Waals surface area contributed by atoms with Crippen LogP contribution in [0.1, 0.15) is 32.1 Å². The highest BCUT2D eigenvalue weighted by Gasteiger charge is 2.18. The molecule has 0 aliphatic heterocycles. The molecule has 1 saturated carbocycles. The van der Waals surface area contributed by atoms with Gasteiger partial charge in [-0.1, -0.05) is 24.4 Å². The van der Waals surface area contributed by atoms with Gasteiger partial charge in [0.2, 0.25) is 0 Å². The highest BCUT2D eigenvalue weighted by Crippen LogP contribution is 2.25. The fourth-order valence-corrected chi connectivity index (χ4v) is 2.67. The summed E-state index contributed by atoms with van der Waals surface area (Å²) in [5, 5.41) is 13.1. The van der Waals surface area contributed by atoms with Crippen molar-refractivity contribution < 1.29 is 13.6 Å². The molecule has 7 nitrogen and oxygen atoms in total. The summed E-state index contributed by atoms with van der Waals surface area (Å²) < 4.78 is 11.2. The van der Waals surface area contributed by atoms with E-state index in [0.29, 0.717) is 10.4 Å². The second-order valence-electron chi connectivity index (χ2n) is 4.95. The highest BCUT2D eigenvalue weighted by atomic mass is 79.9. The Labute approximate surface area is 129 Å². The standard InChI is InChI=1S/C13H15BrN4O3/c14-10-7-6-9(20-10)11-17-18-13(21-11)16-12(19)15-8-4-2-1-3-5-8/h6-8H,1-5H2,(H2,15,16,18,19). The minimum atomic E-state index is -0.322. The van der Waals surface area contributed by atoms with Crippen molar-refractivity contribution in [3.63, 3.8) is 0 Å². The quantitative estimate of drug-likeness (QED) is 0.878. The van der Waals surface area contributed by atoms with Gasteiger partial charge in [0, 0.05) is 6.04 Å². The summed E-state index contributed by atoms with van der Waals surface area (Å²) in [4.78, 5) is 11.8. The van der Waals surface area contributed by atoms with Crippen LogP contribution in [0.4, 0.5) is 10.8 Å². The van der Waals surface area contributed by atoms with Crippen LogP contribution < -0.4 is 10.6 Å². The minimum absolute atomic E-state index is 0.0471. The second kappa shape index (κ2) is 6.30. The van der Waals surface area contributed by atoms with Crippen LogP contribution in [0.5, 0.6) is 0 Å². The Balaban J connectivity index is 1.57. The lowest BCUT2D eigenvalue weighted by Gasteiger charge is -2.22. The zero-order valence-corrected chi connectivity index (χ0v) is 12.9. The molecule has 112 valence electrons. The summed E-state index contributed by atoms with van der Waals surface area (Å²) >= 11 is 3.20. The number of furan rings is 1. The molecule has 2 amide bonds. The van der Waals surface area contributed by atoms with Gasteiger partial charge < -0.3 is 14.2 Å². The zero-order chi connectivity index (χ0) is 14.7. The van der Waals surface area contributed by atoms with Crippen LogP contribution in [0.25, 0.3) is 11.7 Å². The predicted molar refractivity (Wildman–Crippen MR) is 78.7 cm³/mol. The van der Waals surface area contributed by atoms with E-state index in [1.807, 2.05) is 0 Å². The molecule has 2 aromatic rings. The van der Waals surface area contributed by atoms with Crippen LogP contribution >= 0.6 is 15.9 Å². The van der Waals surface area contributed by atoms with E-state index >= 15 is 0 Å². The fraction of sp³-hybridized carbons (Fsp3) is 0.462. The van der Waals surface area contributed by atoms with Gasteiger partial charge in [0.05, 0.1) is 0 Å². The molecule has 0 radical (unpaired) electrons. The van der Waals surface area contributed by atoms with Crippen molar-refractivity contribution in [1.82, 2.24) is 15.5 Å². The molecule has 21 heavy (non-hydrogen) atoms. The average molecular weight is 355 g/mol. The molecule has 0 unspecified atom stereocenters. The molecule has 0 aromatic carbocycles. The number of carbonyl (C=O) groups excluding carboxylic acids is 1. The highest BCUT2D eigenvalue weighted by molar-refractivity contribution is 9.10. The van der Waals surface area contributed by atoms with Gasteiger partial charge in [0.15, 0.2) is 10.4 Å².